The van der Waals surface area contributed by atoms with E-state index in [0.29, 0.717) is 11.3 Å². The maximum atomic E-state index is 11.7. The van der Waals surface area contributed by atoms with Crippen LogP contribution in [0.1, 0.15) is 41.5 Å². The third-order valence-electron chi connectivity index (χ3n) is 4.54. The minimum absolute atomic E-state index is 0.271. The first-order valence-electron chi connectivity index (χ1n) is 8.75. The summed E-state index contributed by atoms with van der Waals surface area (Å²) >= 11 is 0. The molecule has 1 amide bonds. The predicted molar refractivity (Wildman–Crippen MR) is 103 cm³/mol. The van der Waals surface area contributed by atoms with E-state index in [1.54, 1.807) is 4.40 Å². The quantitative estimate of drug-likeness (QED) is 0.605. The lowest BCUT2D eigenvalue weighted by Crippen LogP contribution is -2.13. The van der Waals surface area contributed by atoms with E-state index in [9.17, 15) is 4.79 Å². The second-order valence-corrected chi connectivity index (χ2v) is 6.81. The van der Waals surface area contributed by atoms with Crippen LogP contribution in [0.2, 0.25) is 0 Å². The van der Waals surface area contributed by atoms with Gasteiger partial charge in [-0.3, -0.25) is 9.20 Å². The minimum atomic E-state index is -0.516. The number of hydrogen-bond donors (Lipinski definition) is 1. The highest BCUT2D eigenvalue weighted by Crippen LogP contribution is 2.31. The standard InChI is InChI=1S/C20H20N6O/c1-12(2)15-9-23-26(18-6-4-5-13(3)24-18)19(15)14-7-8-17-22-10-16(20(21)27)25(17)11-14/h4-12H,1-3H3,(H2,21,27). The summed E-state index contributed by atoms with van der Waals surface area (Å²) in [5.74, 6) is 0.503. The molecule has 0 aliphatic carbocycles. The minimum Gasteiger partial charge on any atom is -0.364 e. The van der Waals surface area contributed by atoms with Crippen molar-refractivity contribution in [2.45, 2.75) is 26.7 Å². The summed E-state index contributed by atoms with van der Waals surface area (Å²) in [5, 5.41) is 4.59. The fourth-order valence-corrected chi connectivity index (χ4v) is 3.20. The Labute approximate surface area is 156 Å². The first-order valence-corrected chi connectivity index (χ1v) is 8.75. The number of aryl methyl sites for hydroxylation is 1. The summed E-state index contributed by atoms with van der Waals surface area (Å²) in [6.45, 7) is 6.20. The molecule has 0 saturated carbocycles. The average molecular weight is 360 g/mol. The number of rotatable bonds is 4. The molecule has 2 N–H and O–H groups in total. The van der Waals surface area contributed by atoms with Crippen LogP contribution in [0.5, 0.6) is 0 Å². The van der Waals surface area contributed by atoms with Gasteiger partial charge in [-0.15, -0.1) is 0 Å². The van der Waals surface area contributed by atoms with Gasteiger partial charge in [-0.1, -0.05) is 19.9 Å². The number of carbonyl (C=O) groups excluding carboxylic acids is 1. The molecule has 136 valence electrons. The largest absolute Gasteiger partial charge is 0.364 e. The van der Waals surface area contributed by atoms with E-state index >= 15 is 0 Å². The zero-order valence-electron chi connectivity index (χ0n) is 15.4. The van der Waals surface area contributed by atoms with Crippen molar-refractivity contribution in [3.63, 3.8) is 0 Å². The molecule has 0 spiro atoms. The Morgan fingerprint density at radius 2 is 1.96 bits per heavy atom. The fourth-order valence-electron chi connectivity index (χ4n) is 3.20. The lowest BCUT2D eigenvalue weighted by atomic mass is 10.0. The van der Waals surface area contributed by atoms with E-state index in [2.05, 4.69) is 28.9 Å². The first-order chi connectivity index (χ1) is 13.0. The summed E-state index contributed by atoms with van der Waals surface area (Å²) in [6.07, 6.45) is 5.24. The zero-order chi connectivity index (χ0) is 19.1. The number of aromatic nitrogens is 5. The SMILES string of the molecule is Cc1cccc(-n2ncc(C(C)C)c2-c2ccc3ncc(C(N)=O)n3c2)n1. The van der Waals surface area contributed by atoms with Gasteiger partial charge in [0.15, 0.2) is 5.82 Å². The summed E-state index contributed by atoms with van der Waals surface area (Å²) < 4.78 is 3.55. The van der Waals surface area contributed by atoms with E-state index in [1.165, 1.54) is 6.20 Å². The third kappa shape index (κ3) is 2.87. The van der Waals surface area contributed by atoms with Gasteiger partial charge in [0.05, 0.1) is 18.1 Å². The van der Waals surface area contributed by atoms with E-state index in [4.69, 9.17) is 5.73 Å². The highest BCUT2D eigenvalue weighted by Gasteiger charge is 2.19. The van der Waals surface area contributed by atoms with Crippen LogP contribution in [0.15, 0.2) is 48.9 Å². The highest BCUT2D eigenvalue weighted by atomic mass is 16.1. The number of pyridine rings is 2. The number of amides is 1. The van der Waals surface area contributed by atoms with Crippen LogP contribution in [0.25, 0.3) is 22.7 Å². The smallest absolute Gasteiger partial charge is 0.267 e. The van der Waals surface area contributed by atoms with Gasteiger partial charge in [0.1, 0.15) is 11.3 Å². The molecule has 0 bridgehead atoms. The number of hydrogen-bond acceptors (Lipinski definition) is 4. The summed E-state index contributed by atoms with van der Waals surface area (Å²) in [7, 11) is 0. The fraction of sp³-hybridized carbons (Fsp3) is 0.200. The molecule has 0 atom stereocenters. The molecule has 4 aromatic rings. The Bertz CT molecular complexity index is 1150. The van der Waals surface area contributed by atoms with Crippen molar-refractivity contribution >= 4 is 11.6 Å². The van der Waals surface area contributed by atoms with E-state index < -0.39 is 5.91 Å². The molecule has 0 aromatic carbocycles. The van der Waals surface area contributed by atoms with Crippen molar-refractivity contribution in [2.24, 2.45) is 5.73 Å². The molecule has 27 heavy (non-hydrogen) atoms. The van der Waals surface area contributed by atoms with Crippen molar-refractivity contribution in [3.05, 3.63) is 65.9 Å². The number of nitrogens with zero attached hydrogens (tertiary/aromatic N) is 5. The van der Waals surface area contributed by atoms with Gasteiger partial charge in [-0.25, -0.2) is 14.6 Å². The normalized spacial score (nSPS) is 11.4. The second kappa shape index (κ2) is 6.35. The Hall–Kier alpha value is -3.48. The Morgan fingerprint density at radius 3 is 2.67 bits per heavy atom. The van der Waals surface area contributed by atoms with Crippen molar-refractivity contribution in [2.75, 3.05) is 0 Å². The Kier molecular flexibility index (Phi) is 3.99. The van der Waals surface area contributed by atoms with Crippen LogP contribution >= 0.6 is 0 Å². The lowest BCUT2D eigenvalue weighted by Gasteiger charge is -2.12. The maximum Gasteiger partial charge on any atom is 0.267 e. The average Bonchev–Trinajstić information content (AvgIpc) is 3.25. The van der Waals surface area contributed by atoms with Gasteiger partial charge in [0.2, 0.25) is 0 Å². The third-order valence-corrected chi connectivity index (χ3v) is 4.54. The second-order valence-electron chi connectivity index (χ2n) is 6.81. The summed E-state index contributed by atoms with van der Waals surface area (Å²) in [6, 6.07) is 9.68. The van der Waals surface area contributed by atoms with Crippen LogP contribution in [-0.4, -0.2) is 30.1 Å². The molecule has 0 radical (unpaired) electrons. The van der Waals surface area contributed by atoms with Crippen LogP contribution in [0.3, 0.4) is 0 Å². The molecule has 0 fully saturated rings. The zero-order valence-corrected chi connectivity index (χ0v) is 15.4. The number of carbonyl (C=O) groups is 1. The molecule has 0 aliphatic rings. The summed E-state index contributed by atoms with van der Waals surface area (Å²) in [5.41, 5.74) is 10.4. The molecule has 0 unspecified atom stereocenters. The maximum absolute atomic E-state index is 11.7. The van der Waals surface area contributed by atoms with E-state index in [-0.39, 0.29) is 5.92 Å². The van der Waals surface area contributed by atoms with E-state index in [1.807, 2.05) is 54.3 Å². The highest BCUT2D eigenvalue weighted by molar-refractivity contribution is 5.92. The molecule has 0 aliphatic heterocycles. The van der Waals surface area contributed by atoms with Gasteiger partial charge in [0, 0.05) is 23.0 Å². The van der Waals surface area contributed by atoms with Gasteiger partial charge < -0.3 is 5.73 Å². The van der Waals surface area contributed by atoms with Crippen LogP contribution in [0, 0.1) is 6.92 Å². The number of nitrogens with two attached hydrogens (primary N) is 1. The van der Waals surface area contributed by atoms with Crippen molar-refractivity contribution in [3.8, 4) is 17.1 Å². The molecule has 4 aromatic heterocycles. The predicted octanol–water partition coefficient (Wildman–Crippen LogP) is 3.11. The number of primary amides is 1. The van der Waals surface area contributed by atoms with E-state index in [0.717, 1.165) is 28.3 Å². The van der Waals surface area contributed by atoms with Crippen molar-refractivity contribution < 1.29 is 4.79 Å². The van der Waals surface area contributed by atoms with Gasteiger partial charge >= 0.3 is 0 Å². The van der Waals surface area contributed by atoms with Crippen LogP contribution in [0.4, 0.5) is 0 Å². The van der Waals surface area contributed by atoms with Gasteiger partial charge in [-0.2, -0.15) is 5.10 Å². The number of imidazole rings is 1. The lowest BCUT2D eigenvalue weighted by molar-refractivity contribution is 0.0995. The monoisotopic (exact) mass is 360 g/mol. The molecule has 4 rings (SSSR count). The van der Waals surface area contributed by atoms with Crippen molar-refractivity contribution in [1.82, 2.24) is 24.1 Å². The molecule has 7 nitrogen and oxygen atoms in total. The van der Waals surface area contributed by atoms with Crippen LogP contribution < -0.4 is 5.73 Å². The summed E-state index contributed by atoms with van der Waals surface area (Å²) in [4.78, 5) is 20.6. The molecular weight excluding hydrogens is 340 g/mol. The molecule has 7 heteroatoms. The van der Waals surface area contributed by atoms with Crippen LogP contribution in [-0.2, 0) is 0 Å². The molecular formula is C20H20N6O. The van der Waals surface area contributed by atoms with Gasteiger partial charge in [-0.05, 0) is 37.1 Å². The number of fused-ring (bicyclic) bond motifs is 1. The topological polar surface area (TPSA) is 91.1 Å². The van der Waals surface area contributed by atoms with Gasteiger partial charge in [0.25, 0.3) is 5.91 Å². The van der Waals surface area contributed by atoms with Crippen molar-refractivity contribution in [1.29, 1.82) is 0 Å². The first kappa shape index (κ1) is 17.0. The molecule has 4 heterocycles. The Morgan fingerprint density at radius 1 is 1.15 bits per heavy atom. The molecule has 0 saturated heterocycles. The Balaban J connectivity index is 1.97.